The minimum absolute atomic E-state index is 0. The minimum atomic E-state index is -0.0909. The molecule has 0 aliphatic rings. The molecule has 6 aromatic heterocycles. The average Bonchev–Trinajstić information content (AvgIpc) is 4.25. The van der Waals surface area contributed by atoms with Gasteiger partial charge < -0.3 is 23.0 Å². The first-order valence-electron chi connectivity index (χ1n) is 27.1. The summed E-state index contributed by atoms with van der Waals surface area (Å²) < 4.78 is 16.2. The van der Waals surface area contributed by atoms with Gasteiger partial charge in [-0.3, -0.25) is 0 Å². The monoisotopic (exact) mass is 1210 g/mol. The molecule has 15 aromatic rings. The Hall–Kier alpha value is -9.03. The number of nitrogens with zero attached hydrogens (tertiary/aromatic N) is 6. The van der Waals surface area contributed by atoms with E-state index < -0.39 is 0 Å². The van der Waals surface area contributed by atoms with Crippen molar-refractivity contribution in [3.05, 3.63) is 242 Å². The molecule has 80 heavy (non-hydrogen) atoms. The molecular weight excluding hydrogens is 1160 g/mol. The van der Waals surface area contributed by atoms with Gasteiger partial charge in [-0.1, -0.05) is 150 Å². The van der Waals surface area contributed by atoms with Crippen molar-refractivity contribution in [2.75, 3.05) is 0 Å². The molecule has 0 radical (unpaired) electrons. The zero-order valence-electron chi connectivity index (χ0n) is 45.2. The van der Waals surface area contributed by atoms with Gasteiger partial charge in [0.05, 0.1) is 22.1 Å². The molecule has 0 amide bonds. The molecule has 15 rings (SSSR count). The summed E-state index contributed by atoms with van der Waals surface area (Å²) in [5.41, 5.74) is 15.2. The fourth-order valence-corrected chi connectivity index (χ4v) is 12.2. The summed E-state index contributed by atoms with van der Waals surface area (Å²) >= 11 is 0. The molecule has 0 unspecified atom stereocenters. The van der Waals surface area contributed by atoms with Crippen LogP contribution in [0.25, 0.3) is 121 Å². The van der Waals surface area contributed by atoms with Gasteiger partial charge in [0.15, 0.2) is 0 Å². The van der Waals surface area contributed by atoms with E-state index in [0.29, 0.717) is 11.5 Å². The van der Waals surface area contributed by atoms with E-state index in [1.165, 1.54) is 60.3 Å². The Morgan fingerprint density at radius 3 is 1.41 bits per heavy atom. The smallest absolute Gasteiger partial charge is 0.509 e. The van der Waals surface area contributed by atoms with Gasteiger partial charge in [-0.05, 0) is 129 Å². The number of para-hydroxylation sites is 4. The summed E-state index contributed by atoms with van der Waals surface area (Å²) in [5, 5.41) is 9.19. The Kier molecular flexibility index (Phi) is 11.4. The van der Waals surface area contributed by atoms with Crippen molar-refractivity contribution >= 4 is 87.2 Å². The summed E-state index contributed by atoms with van der Waals surface area (Å²) in [5.74, 6) is 2.79. The van der Waals surface area contributed by atoms with Crippen LogP contribution in [0.5, 0.6) is 11.5 Å². The van der Waals surface area contributed by atoms with Gasteiger partial charge in [0.2, 0.25) is 0 Å². The number of aromatic nitrogens is 6. The fourth-order valence-electron chi connectivity index (χ4n) is 12.2. The Labute approximate surface area is 478 Å². The minimum Gasteiger partial charge on any atom is -0.509 e. The van der Waals surface area contributed by atoms with E-state index in [1.54, 1.807) is 0 Å². The molecule has 388 valence electrons. The van der Waals surface area contributed by atoms with E-state index in [9.17, 15) is 0 Å². The number of ether oxygens (including phenoxy) is 1. The average molecular weight is 1210 g/mol. The molecule has 0 aliphatic carbocycles. The van der Waals surface area contributed by atoms with Crippen LogP contribution in [0, 0.1) is 12.1 Å². The van der Waals surface area contributed by atoms with E-state index in [0.717, 1.165) is 72.2 Å². The van der Waals surface area contributed by atoms with Crippen LogP contribution in [0.15, 0.2) is 219 Å². The van der Waals surface area contributed by atoms with Crippen molar-refractivity contribution in [3.8, 4) is 45.6 Å². The molecule has 8 heteroatoms. The maximum Gasteiger partial charge on any atom is 2.00 e. The van der Waals surface area contributed by atoms with Gasteiger partial charge in [-0.15, -0.1) is 35.0 Å². The van der Waals surface area contributed by atoms with E-state index >= 15 is 0 Å². The SMILES string of the molecule is CC(C)(C)c1ccnc(-n2c3[c-]c(Oc4[c-]c5c(cc4)c4cc(-n6c7ccccc7c7ccccc76)ccc4n5-c4cc(C(C)(C)C)ccn4)ccc3c3cc(-c4cccc5c4c4ccccc4n5-c4ccccc4)ccc32)c1.[Pt+2]. The topological polar surface area (TPSA) is 54.7 Å². The van der Waals surface area contributed by atoms with E-state index in [-0.39, 0.29) is 31.9 Å². The Morgan fingerprint density at radius 1 is 0.362 bits per heavy atom. The Morgan fingerprint density at radius 2 is 0.838 bits per heavy atom. The molecule has 6 heterocycles. The summed E-state index contributed by atoms with van der Waals surface area (Å²) in [6, 6.07) is 81.6. The predicted molar refractivity (Wildman–Crippen MR) is 326 cm³/mol. The predicted octanol–water partition coefficient (Wildman–Crippen LogP) is 18.5. The molecule has 0 fully saturated rings. The fraction of sp³-hybridized carbons (Fsp3) is 0.111. The van der Waals surface area contributed by atoms with Gasteiger partial charge in [0.1, 0.15) is 11.6 Å². The Balaban J connectivity index is 0.00000577. The van der Waals surface area contributed by atoms with Crippen molar-refractivity contribution in [1.29, 1.82) is 0 Å². The van der Waals surface area contributed by atoms with Crippen LogP contribution < -0.4 is 4.74 Å². The third-order valence-electron chi connectivity index (χ3n) is 16.0. The maximum atomic E-state index is 6.94. The number of hydrogen-bond donors (Lipinski definition) is 0. The van der Waals surface area contributed by atoms with Crippen LogP contribution in [-0.2, 0) is 31.9 Å². The first-order valence-corrected chi connectivity index (χ1v) is 27.1. The summed E-state index contributed by atoms with van der Waals surface area (Å²) in [6.45, 7) is 13.4. The van der Waals surface area contributed by atoms with Gasteiger partial charge in [0, 0.05) is 67.8 Å². The normalized spacial score (nSPS) is 12.3. The molecule has 7 nitrogen and oxygen atoms in total. The second kappa shape index (κ2) is 18.5. The molecule has 9 aromatic carbocycles. The van der Waals surface area contributed by atoms with E-state index in [4.69, 9.17) is 14.7 Å². The van der Waals surface area contributed by atoms with Crippen LogP contribution in [0.2, 0.25) is 0 Å². The van der Waals surface area contributed by atoms with Crippen LogP contribution in [0.4, 0.5) is 0 Å². The van der Waals surface area contributed by atoms with Crippen LogP contribution in [0.1, 0.15) is 52.7 Å². The molecule has 0 saturated carbocycles. The van der Waals surface area contributed by atoms with Crippen LogP contribution >= 0.6 is 0 Å². The first-order chi connectivity index (χ1) is 38.4. The number of hydrogen-bond acceptors (Lipinski definition) is 3. The van der Waals surface area contributed by atoms with Crippen molar-refractivity contribution in [2.45, 2.75) is 52.4 Å². The maximum absolute atomic E-state index is 6.94. The standard InChI is InChI=1S/C72H54N6O.Pt/c1-71(2,3)46-35-37-73-68(40-46)77-63-33-27-45(52-22-16-26-65-70(52)57-21-12-15-25-62(57)75(65)48-17-8-7-9-18-48)39-58(63)55-31-29-50(43-66(55)77)79-51-30-32-56-59-42-49(76-60-23-13-10-19-53(60)54-20-11-14-24-61(54)76)28-34-64(59)78(67(56)44-51)69-41-47(36-38-74-69)72(4,5)6;/h7-42H,1-6H3;/q-2;+2. The summed E-state index contributed by atoms with van der Waals surface area (Å²) in [6.07, 6.45) is 3.84. The number of rotatable bonds is 7. The first kappa shape index (κ1) is 49.3. The van der Waals surface area contributed by atoms with Crippen LogP contribution in [-0.4, -0.2) is 28.2 Å². The van der Waals surface area contributed by atoms with Crippen LogP contribution in [0.3, 0.4) is 0 Å². The molecule has 0 N–H and O–H groups in total. The molecule has 0 bridgehead atoms. The van der Waals surface area contributed by atoms with E-state index in [1.807, 2.05) is 24.5 Å². The molecule has 0 saturated heterocycles. The molecule has 0 aliphatic heterocycles. The van der Waals surface area contributed by atoms with Gasteiger partial charge in [-0.2, -0.15) is 12.1 Å². The van der Waals surface area contributed by atoms with Crippen molar-refractivity contribution in [2.24, 2.45) is 0 Å². The van der Waals surface area contributed by atoms with Gasteiger partial charge >= 0.3 is 21.1 Å². The van der Waals surface area contributed by atoms with Gasteiger partial charge in [0.25, 0.3) is 0 Å². The third kappa shape index (κ3) is 7.81. The van der Waals surface area contributed by atoms with Crippen molar-refractivity contribution < 1.29 is 25.8 Å². The molecular formula is C72H54N6OPt. The quantitative estimate of drug-likeness (QED) is 0.149. The second-order valence-corrected chi connectivity index (χ2v) is 22.9. The molecule has 0 spiro atoms. The van der Waals surface area contributed by atoms with Crippen molar-refractivity contribution in [1.82, 2.24) is 28.2 Å². The Bertz CT molecular complexity index is 4910. The largest absolute Gasteiger partial charge is 2.00 e. The second-order valence-electron chi connectivity index (χ2n) is 22.9. The van der Waals surface area contributed by atoms with Gasteiger partial charge in [-0.25, -0.2) is 9.97 Å². The number of pyridine rings is 2. The zero-order chi connectivity index (χ0) is 53.3. The summed E-state index contributed by atoms with van der Waals surface area (Å²) in [4.78, 5) is 10.1. The molecule has 0 atom stereocenters. The number of fused-ring (bicyclic) bond motifs is 12. The number of benzene rings is 9. The third-order valence-corrected chi connectivity index (χ3v) is 16.0. The van der Waals surface area contributed by atoms with Crippen molar-refractivity contribution in [3.63, 3.8) is 0 Å². The van der Waals surface area contributed by atoms with E-state index in [2.05, 4.69) is 266 Å². The zero-order valence-corrected chi connectivity index (χ0v) is 47.5. The summed E-state index contributed by atoms with van der Waals surface area (Å²) in [7, 11) is 0.